The molecular formula is C26H27N5O2. The number of rotatable bonds is 8. The summed E-state index contributed by atoms with van der Waals surface area (Å²) >= 11 is 0. The van der Waals surface area contributed by atoms with Gasteiger partial charge in [0.1, 0.15) is 5.82 Å². The third kappa shape index (κ3) is 5.27. The van der Waals surface area contributed by atoms with E-state index in [1.54, 1.807) is 29.2 Å². The van der Waals surface area contributed by atoms with Crippen molar-refractivity contribution in [2.45, 2.75) is 25.9 Å². The highest BCUT2D eigenvalue weighted by Crippen LogP contribution is 2.20. The van der Waals surface area contributed by atoms with Crippen LogP contribution in [0.4, 0.5) is 5.95 Å². The number of hydrogen-bond donors (Lipinski definition) is 3. The molecule has 4 rings (SSSR count). The van der Waals surface area contributed by atoms with Crippen LogP contribution in [0.25, 0.3) is 5.82 Å². The second kappa shape index (κ2) is 10.1. The maximum absolute atomic E-state index is 12.8. The van der Waals surface area contributed by atoms with Gasteiger partial charge in [-0.25, -0.2) is 4.98 Å². The maximum Gasteiger partial charge on any atom is 0.253 e. The van der Waals surface area contributed by atoms with Crippen LogP contribution in [-0.4, -0.2) is 32.2 Å². The van der Waals surface area contributed by atoms with Crippen LogP contribution < -0.4 is 10.6 Å². The molecule has 2 aromatic carbocycles. The van der Waals surface area contributed by atoms with Gasteiger partial charge in [0.25, 0.3) is 5.91 Å². The van der Waals surface area contributed by atoms with Crippen LogP contribution in [0.2, 0.25) is 0 Å². The molecule has 0 aliphatic rings. The number of aromatic nitrogens is 3. The van der Waals surface area contributed by atoms with E-state index >= 15 is 0 Å². The number of carbonyl (C=O) groups is 1. The van der Waals surface area contributed by atoms with Crippen molar-refractivity contribution in [3.63, 3.8) is 0 Å². The molecule has 0 aliphatic heterocycles. The summed E-state index contributed by atoms with van der Waals surface area (Å²) in [6, 6.07) is 20.8. The lowest BCUT2D eigenvalue weighted by molar-refractivity contribution is 0.0916. The number of amides is 1. The predicted molar refractivity (Wildman–Crippen MR) is 128 cm³/mol. The molecule has 0 saturated carbocycles. The fourth-order valence-corrected chi connectivity index (χ4v) is 3.61. The van der Waals surface area contributed by atoms with Gasteiger partial charge in [0.2, 0.25) is 5.95 Å². The van der Waals surface area contributed by atoms with Crippen LogP contribution >= 0.6 is 0 Å². The molecule has 0 fully saturated rings. The van der Waals surface area contributed by atoms with Crippen molar-refractivity contribution >= 4 is 11.9 Å². The van der Waals surface area contributed by atoms with Crippen LogP contribution in [0.1, 0.15) is 46.1 Å². The van der Waals surface area contributed by atoms with Crippen LogP contribution in [0.3, 0.4) is 0 Å². The number of nitrogens with zero attached hydrogens (tertiary/aromatic N) is 3. The minimum absolute atomic E-state index is 0.0427. The molecule has 0 spiro atoms. The van der Waals surface area contributed by atoms with Crippen molar-refractivity contribution in [1.82, 2.24) is 19.9 Å². The van der Waals surface area contributed by atoms with E-state index < -0.39 is 6.04 Å². The summed E-state index contributed by atoms with van der Waals surface area (Å²) in [5.74, 6) is 0.934. The highest BCUT2D eigenvalue weighted by molar-refractivity contribution is 5.94. The van der Waals surface area contributed by atoms with Crippen molar-refractivity contribution in [3.8, 4) is 5.82 Å². The number of anilines is 1. The molecule has 2 unspecified atom stereocenters. The molecule has 2 atom stereocenters. The number of aryl methyl sites for hydroxylation is 1. The smallest absolute Gasteiger partial charge is 0.253 e. The third-order valence-corrected chi connectivity index (χ3v) is 5.48. The van der Waals surface area contributed by atoms with Gasteiger partial charge in [0, 0.05) is 24.2 Å². The SMILES string of the molecule is Cc1cnc(NC(C)c2ccccc2)nc1-n1ccc(C(=O)NC(CO)c2ccccc2)c1. The predicted octanol–water partition coefficient (Wildman–Crippen LogP) is 4.21. The normalized spacial score (nSPS) is 12.7. The first-order chi connectivity index (χ1) is 16.0. The Morgan fingerprint density at radius 2 is 1.70 bits per heavy atom. The Labute approximate surface area is 193 Å². The molecule has 3 N–H and O–H groups in total. The Bertz CT molecular complexity index is 1210. The van der Waals surface area contributed by atoms with Crippen molar-refractivity contribution in [2.75, 3.05) is 11.9 Å². The standard InChI is InChI=1S/C26H27N5O2/c1-18-15-27-26(28-19(2)20-9-5-3-6-10-20)30-24(18)31-14-13-22(16-31)25(33)29-23(17-32)21-11-7-4-8-12-21/h3-16,19,23,32H,17H2,1-2H3,(H,29,33)(H,27,28,30). The first-order valence-corrected chi connectivity index (χ1v) is 10.9. The number of benzene rings is 2. The molecular weight excluding hydrogens is 414 g/mol. The van der Waals surface area contributed by atoms with Gasteiger partial charge in [-0.15, -0.1) is 0 Å². The topological polar surface area (TPSA) is 92.1 Å². The minimum Gasteiger partial charge on any atom is -0.394 e. The number of carbonyl (C=O) groups excluding carboxylic acids is 1. The van der Waals surface area contributed by atoms with Crippen LogP contribution in [0.5, 0.6) is 0 Å². The van der Waals surface area contributed by atoms with Gasteiger partial charge in [0.15, 0.2) is 0 Å². The molecule has 7 nitrogen and oxygen atoms in total. The average molecular weight is 442 g/mol. The summed E-state index contributed by atoms with van der Waals surface area (Å²) in [5.41, 5.74) is 3.35. The van der Waals surface area contributed by atoms with Crippen LogP contribution in [-0.2, 0) is 0 Å². The zero-order chi connectivity index (χ0) is 23.2. The van der Waals surface area contributed by atoms with Crippen molar-refractivity contribution in [2.24, 2.45) is 0 Å². The Kier molecular flexibility index (Phi) is 6.80. The van der Waals surface area contributed by atoms with E-state index in [9.17, 15) is 9.90 Å². The fourth-order valence-electron chi connectivity index (χ4n) is 3.61. The highest BCUT2D eigenvalue weighted by atomic mass is 16.3. The van der Waals surface area contributed by atoms with Gasteiger partial charge < -0.3 is 20.3 Å². The zero-order valence-electron chi connectivity index (χ0n) is 18.6. The molecule has 2 heterocycles. The second-order valence-corrected chi connectivity index (χ2v) is 7.90. The lowest BCUT2D eigenvalue weighted by Gasteiger charge is -2.16. The Morgan fingerprint density at radius 3 is 2.36 bits per heavy atom. The summed E-state index contributed by atoms with van der Waals surface area (Å²) in [6.45, 7) is 3.80. The lowest BCUT2D eigenvalue weighted by atomic mass is 10.1. The van der Waals surface area contributed by atoms with E-state index in [0.717, 1.165) is 16.7 Å². The molecule has 7 heteroatoms. The van der Waals surface area contributed by atoms with E-state index in [0.29, 0.717) is 17.3 Å². The molecule has 33 heavy (non-hydrogen) atoms. The van der Waals surface area contributed by atoms with E-state index in [1.807, 2.05) is 55.5 Å². The number of nitrogens with one attached hydrogen (secondary N) is 2. The summed E-state index contributed by atoms with van der Waals surface area (Å²) in [4.78, 5) is 21.9. The molecule has 0 aliphatic carbocycles. The average Bonchev–Trinajstić information content (AvgIpc) is 3.35. The van der Waals surface area contributed by atoms with Crippen LogP contribution in [0.15, 0.2) is 85.3 Å². The molecule has 0 radical (unpaired) electrons. The lowest BCUT2D eigenvalue weighted by Crippen LogP contribution is -2.30. The Hall–Kier alpha value is -3.97. The molecule has 2 aromatic heterocycles. The summed E-state index contributed by atoms with van der Waals surface area (Å²) in [5, 5.41) is 16.0. The van der Waals surface area contributed by atoms with E-state index in [4.69, 9.17) is 0 Å². The van der Waals surface area contributed by atoms with E-state index in [-0.39, 0.29) is 18.6 Å². The number of hydrogen-bond acceptors (Lipinski definition) is 5. The fraction of sp³-hybridized carbons (Fsp3) is 0.192. The van der Waals surface area contributed by atoms with E-state index in [2.05, 4.69) is 39.7 Å². The Balaban J connectivity index is 1.50. The van der Waals surface area contributed by atoms with Gasteiger partial charge in [-0.3, -0.25) is 4.79 Å². The minimum atomic E-state index is -0.474. The van der Waals surface area contributed by atoms with Gasteiger partial charge in [-0.1, -0.05) is 60.7 Å². The first kappa shape index (κ1) is 22.2. The summed E-state index contributed by atoms with van der Waals surface area (Å²) < 4.78 is 1.81. The number of aliphatic hydroxyl groups excluding tert-OH is 1. The molecule has 0 bridgehead atoms. The van der Waals surface area contributed by atoms with E-state index in [1.165, 1.54) is 0 Å². The first-order valence-electron chi connectivity index (χ1n) is 10.9. The molecule has 168 valence electrons. The molecule has 0 saturated heterocycles. The van der Waals surface area contributed by atoms with Crippen molar-refractivity contribution < 1.29 is 9.90 Å². The van der Waals surface area contributed by atoms with Gasteiger partial charge in [-0.2, -0.15) is 4.98 Å². The summed E-state index contributed by atoms with van der Waals surface area (Å²) in [7, 11) is 0. The zero-order valence-corrected chi connectivity index (χ0v) is 18.6. The van der Waals surface area contributed by atoms with Gasteiger partial charge in [-0.05, 0) is 31.0 Å². The van der Waals surface area contributed by atoms with Crippen molar-refractivity contribution in [3.05, 3.63) is 108 Å². The monoisotopic (exact) mass is 441 g/mol. The third-order valence-electron chi connectivity index (χ3n) is 5.48. The van der Waals surface area contributed by atoms with Gasteiger partial charge >= 0.3 is 0 Å². The van der Waals surface area contributed by atoms with Gasteiger partial charge in [0.05, 0.1) is 24.3 Å². The van der Waals surface area contributed by atoms with Crippen molar-refractivity contribution in [1.29, 1.82) is 0 Å². The molecule has 4 aromatic rings. The highest BCUT2D eigenvalue weighted by Gasteiger charge is 2.17. The summed E-state index contributed by atoms with van der Waals surface area (Å²) in [6.07, 6.45) is 5.29. The quantitative estimate of drug-likeness (QED) is 0.381. The molecule has 1 amide bonds. The second-order valence-electron chi connectivity index (χ2n) is 7.90. The van der Waals surface area contributed by atoms with Crippen LogP contribution in [0, 0.1) is 6.92 Å². The Morgan fingerprint density at radius 1 is 1.03 bits per heavy atom. The number of aliphatic hydroxyl groups is 1. The maximum atomic E-state index is 12.8. The largest absolute Gasteiger partial charge is 0.394 e.